The van der Waals surface area contributed by atoms with Crippen LogP contribution in [0.2, 0.25) is 0 Å². The van der Waals surface area contributed by atoms with Crippen LogP contribution < -0.4 is 22.1 Å². The molecular formula is C20H46N4. The molecule has 0 radical (unpaired) electrons. The molecule has 0 aliphatic heterocycles. The van der Waals surface area contributed by atoms with E-state index in [1.807, 2.05) is 0 Å². The molecule has 0 aromatic heterocycles. The lowest BCUT2D eigenvalue weighted by molar-refractivity contribution is 0.532. The average Bonchev–Trinajstić information content (AvgIpc) is 2.60. The first-order valence-corrected chi connectivity index (χ1v) is 10.7. The zero-order chi connectivity index (χ0) is 17.6. The van der Waals surface area contributed by atoms with E-state index in [1.165, 1.54) is 116 Å². The molecule has 0 saturated heterocycles. The minimum absolute atomic E-state index is 0.846. The molecule has 0 unspecified atom stereocenters. The summed E-state index contributed by atoms with van der Waals surface area (Å²) in [6.45, 7) is 6.45. The summed E-state index contributed by atoms with van der Waals surface area (Å²) in [7, 11) is 0. The Morgan fingerprint density at radius 2 is 0.583 bits per heavy atom. The third-order valence-electron chi connectivity index (χ3n) is 4.57. The quantitative estimate of drug-likeness (QED) is 0.241. The van der Waals surface area contributed by atoms with Crippen LogP contribution in [0.4, 0.5) is 0 Å². The van der Waals surface area contributed by atoms with Gasteiger partial charge < -0.3 is 22.1 Å². The van der Waals surface area contributed by atoms with Crippen LogP contribution in [0.5, 0.6) is 0 Å². The topological polar surface area (TPSA) is 76.1 Å². The van der Waals surface area contributed by atoms with Crippen molar-refractivity contribution < 1.29 is 0 Å². The van der Waals surface area contributed by atoms with Crippen molar-refractivity contribution in [2.24, 2.45) is 11.5 Å². The van der Waals surface area contributed by atoms with E-state index in [9.17, 15) is 0 Å². The summed E-state index contributed by atoms with van der Waals surface area (Å²) in [6, 6.07) is 0. The van der Waals surface area contributed by atoms with Crippen molar-refractivity contribution in [3.63, 3.8) is 0 Å². The Balaban J connectivity index is 2.93. The number of hydrogen-bond acceptors (Lipinski definition) is 4. The van der Waals surface area contributed by atoms with Crippen LogP contribution in [0.15, 0.2) is 0 Å². The highest BCUT2D eigenvalue weighted by atomic mass is 14.8. The maximum atomic E-state index is 5.49. The molecule has 0 aromatic carbocycles. The molecule has 0 bridgehead atoms. The van der Waals surface area contributed by atoms with E-state index < -0.39 is 0 Å². The summed E-state index contributed by atoms with van der Waals surface area (Å²) in [5.41, 5.74) is 11.0. The Bertz CT molecular complexity index is 190. The van der Waals surface area contributed by atoms with Gasteiger partial charge in [0.25, 0.3) is 0 Å². The van der Waals surface area contributed by atoms with Gasteiger partial charge in [-0.15, -0.1) is 0 Å². The molecule has 0 aliphatic carbocycles. The molecule has 6 N–H and O–H groups in total. The van der Waals surface area contributed by atoms with Crippen LogP contribution in [0.3, 0.4) is 0 Å². The van der Waals surface area contributed by atoms with Gasteiger partial charge in [0.2, 0.25) is 0 Å². The van der Waals surface area contributed by atoms with E-state index in [0.717, 1.165) is 13.1 Å². The summed E-state index contributed by atoms with van der Waals surface area (Å²) in [5, 5.41) is 7.12. The molecule has 4 heteroatoms. The minimum Gasteiger partial charge on any atom is -0.330 e. The van der Waals surface area contributed by atoms with E-state index in [4.69, 9.17) is 11.5 Å². The smallest absolute Gasteiger partial charge is 0.00489 e. The highest BCUT2D eigenvalue weighted by Gasteiger charge is 1.94. The Kier molecular flexibility index (Phi) is 22.7. The van der Waals surface area contributed by atoms with Crippen LogP contribution in [0.1, 0.15) is 89.9 Å². The molecule has 0 amide bonds. The van der Waals surface area contributed by atoms with Gasteiger partial charge in [0.1, 0.15) is 0 Å². The Morgan fingerprint density at radius 1 is 0.333 bits per heavy atom. The van der Waals surface area contributed by atoms with Crippen molar-refractivity contribution in [1.29, 1.82) is 0 Å². The number of hydrogen-bond donors (Lipinski definition) is 4. The molecule has 4 nitrogen and oxygen atoms in total. The van der Waals surface area contributed by atoms with Crippen LogP contribution in [-0.4, -0.2) is 39.3 Å². The Morgan fingerprint density at radius 3 is 0.875 bits per heavy atom. The van der Waals surface area contributed by atoms with Crippen molar-refractivity contribution in [3.8, 4) is 0 Å². The molecule has 0 rings (SSSR count). The first-order chi connectivity index (χ1) is 11.9. The zero-order valence-corrected chi connectivity index (χ0v) is 16.3. The summed E-state index contributed by atoms with van der Waals surface area (Å²) in [5.74, 6) is 0. The third-order valence-corrected chi connectivity index (χ3v) is 4.57. The maximum Gasteiger partial charge on any atom is -0.00489 e. The predicted octanol–water partition coefficient (Wildman–Crippen LogP) is 3.54. The highest BCUT2D eigenvalue weighted by molar-refractivity contribution is 4.53. The largest absolute Gasteiger partial charge is 0.330 e. The van der Waals surface area contributed by atoms with Crippen LogP contribution >= 0.6 is 0 Å². The fourth-order valence-corrected chi connectivity index (χ4v) is 2.95. The van der Waals surface area contributed by atoms with Gasteiger partial charge in [-0.1, -0.05) is 51.4 Å². The van der Waals surface area contributed by atoms with Gasteiger partial charge in [0.05, 0.1) is 0 Å². The molecule has 0 aliphatic rings. The SMILES string of the molecule is NCCCCCCNCCCCCCCCNCCCCCCN. The van der Waals surface area contributed by atoms with Crippen LogP contribution in [-0.2, 0) is 0 Å². The Labute approximate surface area is 151 Å². The van der Waals surface area contributed by atoms with Gasteiger partial charge in [-0.25, -0.2) is 0 Å². The second-order valence-electron chi connectivity index (χ2n) is 7.03. The van der Waals surface area contributed by atoms with Gasteiger partial charge in [-0.05, 0) is 77.8 Å². The molecule has 0 saturated carbocycles. The second-order valence-corrected chi connectivity index (χ2v) is 7.03. The van der Waals surface area contributed by atoms with Crippen molar-refractivity contribution in [2.75, 3.05) is 39.3 Å². The minimum atomic E-state index is 0.846. The predicted molar refractivity (Wildman–Crippen MR) is 108 cm³/mol. The highest BCUT2D eigenvalue weighted by Crippen LogP contribution is 2.05. The van der Waals surface area contributed by atoms with Crippen LogP contribution in [0, 0.1) is 0 Å². The summed E-state index contributed by atoms with van der Waals surface area (Å²) >= 11 is 0. The van der Waals surface area contributed by atoms with E-state index in [2.05, 4.69) is 10.6 Å². The van der Waals surface area contributed by atoms with Gasteiger partial charge in [0, 0.05) is 0 Å². The molecule has 0 aromatic rings. The first-order valence-electron chi connectivity index (χ1n) is 10.7. The van der Waals surface area contributed by atoms with Crippen molar-refractivity contribution in [3.05, 3.63) is 0 Å². The third kappa shape index (κ3) is 21.8. The lowest BCUT2D eigenvalue weighted by atomic mass is 10.1. The van der Waals surface area contributed by atoms with Gasteiger partial charge in [-0.3, -0.25) is 0 Å². The number of nitrogens with one attached hydrogen (secondary N) is 2. The fourth-order valence-electron chi connectivity index (χ4n) is 2.95. The number of nitrogens with two attached hydrogens (primary N) is 2. The maximum absolute atomic E-state index is 5.49. The van der Waals surface area contributed by atoms with E-state index in [0.29, 0.717) is 0 Å². The molecule has 0 atom stereocenters. The van der Waals surface area contributed by atoms with E-state index in [1.54, 1.807) is 0 Å². The lowest BCUT2D eigenvalue weighted by Gasteiger charge is -2.06. The molecule has 0 fully saturated rings. The molecular weight excluding hydrogens is 296 g/mol. The van der Waals surface area contributed by atoms with E-state index in [-0.39, 0.29) is 0 Å². The average molecular weight is 343 g/mol. The lowest BCUT2D eigenvalue weighted by Crippen LogP contribution is -2.17. The molecule has 0 spiro atoms. The Hall–Kier alpha value is -0.160. The monoisotopic (exact) mass is 342 g/mol. The van der Waals surface area contributed by atoms with Gasteiger partial charge in [-0.2, -0.15) is 0 Å². The summed E-state index contributed by atoms with van der Waals surface area (Å²) < 4.78 is 0. The van der Waals surface area contributed by atoms with Gasteiger partial charge >= 0.3 is 0 Å². The van der Waals surface area contributed by atoms with Crippen molar-refractivity contribution >= 4 is 0 Å². The number of rotatable bonds is 21. The van der Waals surface area contributed by atoms with Crippen LogP contribution in [0.25, 0.3) is 0 Å². The zero-order valence-electron chi connectivity index (χ0n) is 16.3. The normalized spacial score (nSPS) is 11.2. The molecule has 0 heterocycles. The molecule has 24 heavy (non-hydrogen) atoms. The standard InChI is InChI=1S/C20H46N4/c21-15-9-3-7-13-19-23-17-11-5-1-2-6-12-18-24-20-14-8-4-10-16-22/h23-24H,1-22H2. The summed E-state index contributed by atoms with van der Waals surface area (Å²) in [4.78, 5) is 0. The summed E-state index contributed by atoms with van der Waals surface area (Å²) in [6.07, 6.45) is 18.5. The van der Waals surface area contributed by atoms with Crippen molar-refractivity contribution in [2.45, 2.75) is 89.9 Å². The first kappa shape index (κ1) is 23.8. The second kappa shape index (κ2) is 22.8. The van der Waals surface area contributed by atoms with E-state index >= 15 is 0 Å². The van der Waals surface area contributed by atoms with Crippen molar-refractivity contribution in [1.82, 2.24) is 10.6 Å². The fraction of sp³-hybridized carbons (Fsp3) is 1.00. The van der Waals surface area contributed by atoms with Gasteiger partial charge in [0.15, 0.2) is 0 Å². The number of unbranched alkanes of at least 4 members (excludes halogenated alkanes) is 11. The molecule has 146 valence electrons.